The highest BCUT2D eigenvalue weighted by Crippen LogP contribution is 2.30. The molecule has 1 fully saturated rings. The van der Waals surface area contributed by atoms with Crippen LogP contribution in [0.5, 0.6) is 0 Å². The Morgan fingerprint density at radius 3 is 2.30 bits per heavy atom. The number of anilines is 1. The minimum absolute atomic E-state index is 0.262. The van der Waals surface area contributed by atoms with Crippen LogP contribution in [0, 0.1) is 0 Å². The summed E-state index contributed by atoms with van der Waals surface area (Å²) in [5.74, 6) is 0.887. The number of rotatable bonds is 3. The summed E-state index contributed by atoms with van der Waals surface area (Å²) in [6.07, 6.45) is 9.11. The molecule has 1 aliphatic rings. The molecule has 0 saturated carbocycles. The van der Waals surface area contributed by atoms with Crippen LogP contribution in [0.2, 0.25) is 0 Å². The number of fused-ring (bicyclic) bond motifs is 2. The molecule has 1 aromatic carbocycles. The average molecular weight is 538 g/mol. The van der Waals surface area contributed by atoms with E-state index in [0.717, 1.165) is 44.6 Å². The SMILES string of the molecule is CC.CC(C)(C)OC(=O)N1CCN(c2ccc(-c3cnc4c(-c5ccnc6ccccc56)cnn4c3)cn2)CC1. The monoisotopic (exact) mass is 537 g/mol. The molecule has 0 N–H and O–H groups in total. The lowest BCUT2D eigenvalue weighted by molar-refractivity contribution is 0.0240. The molecule has 6 rings (SSSR count). The van der Waals surface area contributed by atoms with Crippen molar-refractivity contribution in [3.63, 3.8) is 0 Å². The number of ether oxygens (including phenoxy) is 1. The molecule has 0 aliphatic carbocycles. The largest absolute Gasteiger partial charge is 0.444 e. The van der Waals surface area contributed by atoms with Crippen molar-refractivity contribution in [2.45, 2.75) is 40.2 Å². The third kappa shape index (κ3) is 5.59. The van der Waals surface area contributed by atoms with Gasteiger partial charge >= 0.3 is 6.09 Å². The molecule has 5 heterocycles. The molecule has 9 heteroatoms. The number of para-hydroxylation sites is 1. The average Bonchev–Trinajstić information content (AvgIpc) is 3.40. The maximum absolute atomic E-state index is 12.3. The van der Waals surface area contributed by atoms with Crippen LogP contribution in [-0.4, -0.2) is 67.3 Å². The summed E-state index contributed by atoms with van der Waals surface area (Å²) in [7, 11) is 0. The van der Waals surface area contributed by atoms with Crippen molar-refractivity contribution < 1.29 is 9.53 Å². The lowest BCUT2D eigenvalue weighted by Gasteiger charge is -2.36. The van der Waals surface area contributed by atoms with Gasteiger partial charge in [-0.15, -0.1) is 0 Å². The maximum atomic E-state index is 12.3. The predicted octanol–water partition coefficient (Wildman–Crippen LogP) is 6.09. The normalized spacial score (nSPS) is 13.7. The standard InChI is InChI=1S/C29H29N7O2.C2H6/c1-29(2,3)38-28(37)35-14-12-34(13-15-35)26-9-8-20(16-31-26)21-17-32-27-24(18-33-36(27)19-21)22-10-11-30-25-7-5-4-6-23(22)25;1-2/h4-11,16-19H,12-15H2,1-3H3;1-2H3. The number of hydrogen-bond donors (Lipinski definition) is 0. The second-order valence-electron chi connectivity index (χ2n) is 10.4. The van der Waals surface area contributed by atoms with Gasteiger partial charge in [-0.3, -0.25) is 4.98 Å². The van der Waals surface area contributed by atoms with Gasteiger partial charge in [0.2, 0.25) is 0 Å². The molecule has 40 heavy (non-hydrogen) atoms. The minimum Gasteiger partial charge on any atom is -0.444 e. The van der Waals surface area contributed by atoms with Crippen LogP contribution in [0.4, 0.5) is 10.6 Å². The fourth-order valence-corrected chi connectivity index (χ4v) is 4.73. The first-order valence-electron chi connectivity index (χ1n) is 13.7. The molecule has 0 atom stereocenters. The van der Waals surface area contributed by atoms with Crippen LogP contribution >= 0.6 is 0 Å². The fourth-order valence-electron chi connectivity index (χ4n) is 4.73. The van der Waals surface area contributed by atoms with Gasteiger partial charge in [-0.2, -0.15) is 5.10 Å². The van der Waals surface area contributed by atoms with E-state index in [-0.39, 0.29) is 6.09 Å². The zero-order chi connectivity index (χ0) is 28.3. The Hall–Kier alpha value is -4.53. The van der Waals surface area contributed by atoms with Crippen LogP contribution in [0.3, 0.4) is 0 Å². The lowest BCUT2D eigenvalue weighted by atomic mass is 10.0. The van der Waals surface area contributed by atoms with E-state index in [1.54, 1.807) is 4.90 Å². The van der Waals surface area contributed by atoms with E-state index < -0.39 is 5.60 Å². The Balaban J connectivity index is 0.00000158. The third-order valence-corrected chi connectivity index (χ3v) is 6.63. The van der Waals surface area contributed by atoms with Gasteiger partial charge < -0.3 is 14.5 Å². The Bertz CT molecular complexity index is 1610. The van der Waals surface area contributed by atoms with Crippen LogP contribution < -0.4 is 4.90 Å². The zero-order valence-electron chi connectivity index (χ0n) is 23.7. The molecule has 4 aromatic heterocycles. The van der Waals surface area contributed by atoms with E-state index in [1.807, 2.05) is 107 Å². The summed E-state index contributed by atoms with van der Waals surface area (Å²) in [5.41, 5.74) is 5.16. The second kappa shape index (κ2) is 11.3. The summed E-state index contributed by atoms with van der Waals surface area (Å²) in [5, 5.41) is 5.66. The minimum atomic E-state index is -0.491. The van der Waals surface area contributed by atoms with Crippen molar-refractivity contribution in [3.05, 3.63) is 73.4 Å². The Morgan fingerprint density at radius 1 is 0.825 bits per heavy atom. The van der Waals surface area contributed by atoms with Crippen molar-refractivity contribution >= 4 is 28.5 Å². The summed E-state index contributed by atoms with van der Waals surface area (Å²) in [6, 6.07) is 14.1. The highest BCUT2D eigenvalue weighted by molar-refractivity contribution is 5.97. The van der Waals surface area contributed by atoms with Crippen LogP contribution in [0.15, 0.2) is 73.4 Å². The first-order valence-corrected chi connectivity index (χ1v) is 13.7. The van der Waals surface area contributed by atoms with Crippen molar-refractivity contribution in [2.75, 3.05) is 31.1 Å². The van der Waals surface area contributed by atoms with E-state index in [2.05, 4.69) is 21.0 Å². The van der Waals surface area contributed by atoms with Crippen molar-refractivity contribution in [3.8, 4) is 22.3 Å². The Kier molecular flexibility index (Phi) is 7.64. The highest BCUT2D eigenvalue weighted by Gasteiger charge is 2.26. The molecular weight excluding hydrogens is 502 g/mol. The van der Waals surface area contributed by atoms with Crippen LogP contribution in [-0.2, 0) is 4.74 Å². The molecule has 1 saturated heterocycles. The number of benzene rings is 1. The first-order chi connectivity index (χ1) is 19.4. The van der Waals surface area contributed by atoms with Gasteiger partial charge in [0.05, 0.1) is 11.7 Å². The van der Waals surface area contributed by atoms with E-state index in [0.29, 0.717) is 26.2 Å². The maximum Gasteiger partial charge on any atom is 0.410 e. The number of aromatic nitrogens is 5. The number of carbonyl (C=O) groups is 1. The molecule has 206 valence electrons. The predicted molar refractivity (Wildman–Crippen MR) is 158 cm³/mol. The molecular formula is C31H35N7O2. The lowest BCUT2D eigenvalue weighted by Crippen LogP contribution is -2.50. The topological polar surface area (TPSA) is 88.8 Å². The smallest absolute Gasteiger partial charge is 0.410 e. The fraction of sp³-hybridized carbons (Fsp3) is 0.323. The molecule has 0 radical (unpaired) electrons. The van der Waals surface area contributed by atoms with Gasteiger partial charge in [-0.05, 0) is 50.6 Å². The van der Waals surface area contributed by atoms with E-state index >= 15 is 0 Å². The van der Waals surface area contributed by atoms with Gasteiger partial charge in [0.15, 0.2) is 5.65 Å². The Morgan fingerprint density at radius 2 is 1.57 bits per heavy atom. The van der Waals surface area contributed by atoms with Crippen molar-refractivity contribution in [1.82, 2.24) is 29.5 Å². The molecule has 5 aromatic rings. The number of carbonyl (C=O) groups excluding carboxylic acids is 1. The number of amides is 1. The summed E-state index contributed by atoms with van der Waals surface area (Å²) >= 11 is 0. The molecule has 0 bridgehead atoms. The van der Waals surface area contributed by atoms with Crippen LogP contribution in [0.25, 0.3) is 38.8 Å². The first kappa shape index (κ1) is 27.1. The van der Waals surface area contributed by atoms with Gasteiger partial charge in [-0.25, -0.2) is 19.3 Å². The van der Waals surface area contributed by atoms with Crippen molar-refractivity contribution in [2.24, 2.45) is 0 Å². The number of hydrogen-bond acceptors (Lipinski definition) is 7. The van der Waals surface area contributed by atoms with E-state index in [4.69, 9.17) is 14.7 Å². The quantitative estimate of drug-likeness (QED) is 0.275. The van der Waals surface area contributed by atoms with Gasteiger partial charge in [0.1, 0.15) is 11.4 Å². The molecule has 9 nitrogen and oxygen atoms in total. The van der Waals surface area contributed by atoms with E-state index in [1.165, 1.54) is 0 Å². The molecule has 0 unspecified atom stereocenters. The zero-order valence-corrected chi connectivity index (χ0v) is 23.7. The number of nitrogens with zero attached hydrogens (tertiary/aromatic N) is 7. The molecule has 1 amide bonds. The van der Waals surface area contributed by atoms with Gasteiger partial charge in [0, 0.05) is 73.0 Å². The third-order valence-electron chi connectivity index (χ3n) is 6.63. The summed E-state index contributed by atoms with van der Waals surface area (Å²) in [6.45, 7) is 12.3. The highest BCUT2D eigenvalue weighted by atomic mass is 16.6. The van der Waals surface area contributed by atoms with Crippen LogP contribution in [0.1, 0.15) is 34.6 Å². The van der Waals surface area contributed by atoms with E-state index in [9.17, 15) is 4.79 Å². The molecule has 0 spiro atoms. The van der Waals surface area contributed by atoms with Gasteiger partial charge in [-0.1, -0.05) is 32.0 Å². The van der Waals surface area contributed by atoms with Gasteiger partial charge in [0.25, 0.3) is 0 Å². The number of pyridine rings is 2. The Labute approximate surface area is 234 Å². The summed E-state index contributed by atoms with van der Waals surface area (Å²) in [4.78, 5) is 30.2. The molecule has 1 aliphatic heterocycles. The van der Waals surface area contributed by atoms with Crippen molar-refractivity contribution in [1.29, 1.82) is 0 Å². The second-order valence-corrected chi connectivity index (χ2v) is 10.4. The summed E-state index contributed by atoms with van der Waals surface area (Å²) < 4.78 is 7.31. The number of piperazine rings is 1.